The van der Waals surface area contributed by atoms with Crippen molar-refractivity contribution in [2.45, 2.75) is 171 Å². The van der Waals surface area contributed by atoms with Crippen LogP contribution in [0.3, 0.4) is 0 Å². The molecule has 4 heteroatoms. The van der Waals surface area contributed by atoms with Crippen molar-refractivity contribution in [2.24, 2.45) is 5.41 Å². The lowest BCUT2D eigenvalue weighted by Gasteiger charge is -2.54. The molecule has 6 aromatic carbocycles. The summed E-state index contributed by atoms with van der Waals surface area (Å²) in [6.45, 7) is 10.7. The molecule has 68 heavy (non-hydrogen) atoms. The summed E-state index contributed by atoms with van der Waals surface area (Å²) >= 11 is 0. The number of hydrogen-bond acceptors (Lipinski definition) is 3. The van der Waals surface area contributed by atoms with Gasteiger partial charge in [0.05, 0.1) is 11.2 Å². The Bertz CT molecular complexity index is 2890. The van der Waals surface area contributed by atoms with Crippen molar-refractivity contribution in [1.82, 2.24) is 0 Å². The molecule has 0 N–H and O–H groups in total. The van der Waals surface area contributed by atoms with Gasteiger partial charge in [0.15, 0.2) is 0 Å². The van der Waals surface area contributed by atoms with E-state index in [2.05, 4.69) is 168 Å². The topological polar surface area (TPSA) is 31.6 Å². The van der Waals surface area contributed by atoms with E-state index in [0.717, 1.165) is 27.4 Å². The smallest absolute Gasteiger partial charge is 0.456 e. The highest BCUT2D eigenvalue weighted by atomic mass is 16.7. The van der Waals surface area contributed by atoms with E-state index in [9.17, 15) is 0 Å². The molecule has 0 amide bonds. The summed E-state index contributed by atoms with van der Waals surface area (Å²) in [4.78, 5) is 0. The predicted molar refractivity (Wildman–Crippen MR) is 284 cm³/mol. The first kappa shape index (κ1) is 44.3. The molecule has 3 nitrogen and oxygen atoms in total. The van der Waals surface area contributed by atoms with Crippen molar-refractivity contribution in [3.63, 3.8) is 0 Å². The van der Waals surface area contributed by atoms with E-state index >= 15 is 0 Å². The molecule has 7 aliphatic rings. The fourth-order valence-corrected chi connectivity index (χ4v) is 14.1. The molecule has 14 rings (SSSR count). The van der Waals surface area contributed by atoms with Crippen LogP contribution in [0.25, 0.3) is 55.3 Å². The zero-order valence-electron chi connectivity index (χ0n) is 41.5. The van der Waals surface area contributed by atoms with E-state index in [1.807, 2.05) is 0 Å². The predicted octanol–water partition coefficient (Wildman–Crippen LogP) is 17.0. The molecule has 6 aliphatic carbocycles. The fourth-order valence-electron chi connectivity index (χ4n) is 14.1. The Morgan fingerprint density at radius 2 is 0.765 bits per heavy atom. The maximum atomic E-state index is 6.50. The van der Waals surface area contributed by atoms with Gasteiger partial charge in [-0.25, -0.2) is 0 Å². The summed E-state index contributed by atoms with van der Waals surface area (Å²) in [7, 11) is -0.411. The van der Waals surface area contributed by atoms with Crippen molar-refractivity contribution in [2.75, 3.05) is 0 Å². The van der Waals surface area contributed by atoms with Crippen LogP contribution in [0.2, 0.25) is 0 Å². The highest BCUT2D eigenvalue weighted by molar-refractivity contribution is 6.62. The first-order chi connectivity index (χ1) is 32.9. The second-order valence-corrected chi connectivity index (χ2v) is 23.6. The second kappa shape index (κ2) is 16.6. The number of fused-ring (bicyclic) bond motifs is 9. The molecule has 0 radical (unpaired) electrons. The minimum atomic E-state index is -0.411. The van der Waals surface area contributed by atoms with Crippen LogP contribution in [0.4, 0.5) is 0 Å². The van der Waals surface area contributed by atoms with Gasteiger partial charge in [-0.3, -0.25) is 0 Å². The Morgan fingerprint density at radius 3 is 1.21 bits per heavy atom. The Labute approximate surface area is 406 Å². The summed E-state index contributed by atoms with van der Waals surface area (Å²) < 4.78 is 19.2. The SMILES string of the molecule is CCCCCCC12CCC(c3ccc(-c4ccc(-c5ccc(C67CCC(c8ccc(-c9ccc%10c(c9)oc9cc(B%11OC(C)(C)C(C)(C)O%11)ccc9%10)cc8)(CC6)CC7)cc5)cc4)cc3)(CC1)CC2. The summed E-state index contributed by atoms with van der Waals surface area (Å²) in [6.07, 6.45) is 23.2. The van der Waals surface area contributed by atoms with Gasteiger partial charge in [-0.1, -0.05) is 148 Å². The van der Waals surface area contributed by atoms with Crippen molar-refractivity contribution >= 4 is 34.5 Å². The molecule has 7 aromatic rings. The Kier molecular flexibility index (Phi) is 10.8. The van der Waals surface area contributed by atoms with Gasteiger partial charge in [-0.2, -0.15) is 0 Å². The monoisotopic (exact) mass is 899 g/mol. The van der Waals surface area contributed by atoms with Crippen LogP contribution < -0.4 is 5.46 Å². The average Bonchev–Trinajstić information content (AvgIpc) is 3.87. The molecule has 7 fully saturated rings. The molecule has 1 aliphatic heterocycles. The second-order valence-electron chi connectivity index (χ2n) is 23.6. The Balaban J connectivity index is 0.672. The third-order valence-corrected chi connectivity index (χ3v) is 19.6. The number of hydrogen-bond donors (Lipinski definition) is 0. The van der Waals surface area contributed by atoms with E-state index in [-0.39, 0.29) is 16.6 Å². The van der Waals surface area contributed by atoms with Crippen molar-refractivity contribution in [3.8, 4) is 33.4 Å². The third-order valence-electron chi connectivity index (χ3n) is 19.6. The molecule has 2 heterocycles. The number of unbranched alkanes of at least 4 members (excludes halogenated alkanes) is 3. The number of rotatable bonds is 12. The van der Waals surface area contributed by atoms with Crippen molar-refractivity contribution in [1.29, 1.82) is 0 Å². The molecule has 1 aromatic heterocycles. The first-order valence-corrected chi connectivity index (χ1v) is 26.6. The zero-order chi connectivity index (χ0) is 46.4. The third kappa shape index (κ3) is 7.54. The minimum Gasteiger partial charge on any atom is -0.456 e. The van der Waals surface area contributed by atoms with Crippen molar-refractivity contribution < 1.29 is 13.7 Å². The van der Waals surface area contributed by atoms with Crippen LogP contribution in [0.5, 0.6) is 0 Å². The molecule has 0 atom stereocenters. The standard InChI is InChI=1S/C64H71BO3/c1-6-7-8-9-30-61-31-34-62(35-32-61,36-33-61)51-21-14-47(15-22-51)45-10-12-46(13-11-45)48-16-23-52(24-17-48)63-37-40-64(41-38-63,42-39-63)53-25-18-49(19-26-53)50-20-28-55-56-29-27-54(44-58(56)66-57(55)43-50)65-67-59(2,3)60(4,5)68-65/h10-29,43-44H,6-9,30-42H2,1-5H3. The normalized spacial score (nSPS) is 27.1. The van der Waals surface area contributed by atoms with Crippen LogP contribution in [-0.2, 0) is 25.6 Å². The summed E-state index contributed by atoms with van der Waals surface area (Å²) in [6, 6.07) is 51.3. The summed E-state index contributed by atoms with van der Waals surface area (Å²) in [5, 5.41) is 2.25. The van der Waals surface area contributed by atoms with Crippen LogP contribution >= 0.6 is 0 Å². The van der Waals surface area contributed by atoms with Gasteiger partial charge < -0.3 is 13.7 Å². The lowest BCUT2D eigenvalue weighted by atomic mass is 9.50. The molecular formula is C64H71BO3. The Morgan fingerprint density at radius 1 is 0.397 bits per heavy atom. The van der Waals surface area contributed by atoms with Gasteiger partial charge in [-0.05, 0) is 207 Å². The highest BCUT2D eigenvalue weighted by Gasteiger charge is 2.53. The fraction of sp³-hybridized carbons (Fsp3) is 0.438. The number of benzene rings is 6. The van der Waals surface area contributed by atoms with Crippen LogP contribution in [0.15, 0.2) is 138 Å². The number of furan rings is 1. The van der Waals surface area contributed by atoms with E-state index < -0.39 is 7.12 Å². The van der Waals surface area contributed by atoms with Gasteiger partial charge in [0.1, 0.15) is 11.2 Å². The summed E-state index contributed by atoms with van der Waals surface area (Å²) in [5.41, 5.74) is 16.0. The van der Waals surface area contributed by atoms with Crippen LogP contribution in [0, 0.1) is 5.41 Å². The van der Waals surface area contributed by atoms with Gasteiger partial charge in [0, 0.05) is 10.8 Å². The van der Waals surface area contributed by atoms with E-state index in [0.29, 0.717) is 16.2 Å². The summed E-state index contributed by atoms with van der Waals surface area (Å²) in [5.74, 6) is 0. The molecule has 0 unspecified atom stereocenters. The molecular weight excluding hydrogens is 828 g/mol. The maximum Gasteiger partial charge on any atom is 0.494 e. The largest absolute Gasteiger partial charge is 0.494 e. The van der Waals surface area contributed by atoms with Gasteiger partial charge in [0.25, 0.3) is 0 Å². The van der Waals surface area contributed by atoms with Gasteiger partial charge in [0.2, 0.25) is 0 Å². The highest BCUT2D eigenvalue weighted by Crippen LogP contribution is 2.61. The van der Waals surface area contributed by atoms with E-state index in [4.69, 9.17) is 13.7 Å². The molecule has 348 valence electrons. The first-order valence-electron chi connectivity index (χ1n) is 26.6. The lowest BCUT2D eigenvalue weighted by Crippen LogP contribution is -2.46. The zero-order valence-corrected chi connectivity index (χ0v) is 41.5. The quantitative estimate of drug-likeness (QED) is 0.0904. The maximum absolute atomic E-state index is 6.50. The van der Waals surface area contributed by atoms with Gasteiger partial charge >= 0.3 is 7.12 Å². The molecule has 1 saturated heterocycles. The van der Waals surface area contributed by atoms with Crippen LogP contribution in [0.1, 0.15) is 160 Å². The van der Waals surface area contributed by atoms with Crippen LogP contribution in [-0.4, -0.2) is 18.3 Å². The minimum absolute atomic E-state index is 0.283. The molecule has 0 spiro atoms. The lowest BCUT2D eigenvalue weighted by molar-refractivity contribution is 0.00578. The Hall–Kier alpha value is -4.90. The molecule has 4 bridgehead atoms. The van der Waals surface area contributed by atoms with E-state index in [1.54, 1.807) is 11.1 Å². The van der Waals surface area contributed by atoms with E-state index in [1.165, 1.54) is 148 Å². The van der Waals surface area contributed by atoms with Gasteiger partial charge in [-0.15, -0.1) is 0 Å². The average molecular weight is 899 g/mol. The van der Waals surface area contributed by atoms with Crippen molar-refractivity contribution in [3.05, 3.63) is 150 Å². The molecule has 6 saturated carbocycles.